The average Bonchev–Trinajstić information content (AvgIpc) is 2.71. The molecule has 0 bridgehead atoms. The fourth-order valence-electron chi connectivity index (χ4n) is 2.39. The van der Waals surface area contributed by atoms with Crippen LogP contribution in [0.4, 0.5) is 0 Å². The highest BCUT2D eigenvalue weighted by Gasteiger charge is 2.18. The van der Waals surface area contributed by atoms with E-state index in [-0.39, 0.29) is 0 Å². The van der Waals surface area contributed by atoms with Crippen LogP contribution in [0, 0.1) is 0 Å². The fraction of sp³-hybridized carbons (Fsp3) is 0.0909. The highest BCUT2D eigenvalue weighted by Crippen LogP contribution is 2.17. The van der Waals surface area contributed by atoms with Crippen molar-refractivity contribution in [2.24, 2.45) is 5.16 Å². The molecule has 0 radical (unpaired) electrons. The van der Waals surface area contributed by atoms with Crippen LogP contribution in [-0.2, 0) is 9.63 Å². The zero-order valence-electron chi connectivity index (χ0n) is 14.7. The molecule has 0 N–H and O–H groups in total. The normalized spacial score (nSPS) is 11.3. The molecule has 0 saturated heterocycles. The van der Waals surface area contributed by atoms with Gasteiger partial charge >= 0.3 is 5.97 Å². The van der Waals surface area contributed by atoms with Gasteiger partial charge in [-0.05, 0) is 31.2 Å². The summed E-state index contributed by atoms with van der Waals surface area (Å²) in [5.74, 6) is -0.0616. The first-order chi connectivity index (χ1) is 13.1. The number of carbonyl (C=O) groups excluding carboxylic acids is 1. The van der Waals surface area contributed by atoms with Crippen molar-refractivity contribution in [3.63, 3.8) is 0 Å². The minimum Gasteiger partial charge on any atom is -0.479 e. The van der Waals surface area contributed by atoms with Crippen LogP contribution >= 0.6 is 11.6 Å². The Morgan fingerprint density at radius 2 is 1.37 bits per heavy atom. The van der Waals surface area contributed by atoms with E-state index >= 15 is 0 Å². The minimum absolute atomic E-state index is 0.527. The SMILES string of the molecule is CC(Oc1ccc(Cl)cc1)C(=O)ON=C(c1ccccc1)c1ccccc1. The first-order valence-electron chi connectivity index (χ1n) is 8.45. The van der Waals surface area contributed by atoms with E-state index in [0.717, 1.165) is 11.1 Å². The Kier molecular flexibility index (Phi) is 6.23. The molecule has 0 aliphatic rings. The number of ether oxygens (including phenoxy) is 1. The van der Waals surface area contributed by atoms with Crippen LogP contribution < -0.4 is 4.74 Å². The number of carbonyl (C=O) groups is 1. The number of oxime groups is 1. The Balaban J connectivity index is 1.75. The van der Waals surface area contributed by atoms with E-state index < -0.39 is 12.1 Å². The second-order valence-corrected chi connectivity index (χ2v) is 6.23. The number of rotatable bonds is 6. The lowest BCUT2D eigenvalue weighted by atomic mass is 10.0. The maximum absolute atomic E-state index is 12.3. The van der Waals surface area contributed by atoms with Gasteiger partial charge in [-0.15, -0.1) is 0 Å². The predicted octanol–water partition coefficient (Wildman–Crippen LogP) is 5.10. The van der Waals surface area contributed by atoms with Crippen LogP contribution in [-0.4, -0.2) is 17.8 Å². The lowest BCUT2D eigenvalue weighted by Gasteiger charge is -2.12. The van der Waals surface area contributed by atoms with Gasteiger partial charge in [0.05, 0.1) is 0 Å². The van der Waals surface area contributed by atoms with Crippen molar-refractivity contribution in [2.75, 3.05) is 0 Å². The fourth-order valence-corrected chi connectivity index (χ4v) is 2.52. The van der Waals surface area contributed by atoms with Crippen LogP contribution in [0.25, 0.3) is 0 Å². The maximum Gasteiger partial charge on any atom is 0.374 e. The lowest BCUT2D eigenvalue weighted by Crippen LogP contribution is -2.25. The van der Waals surface area contributed by atoms with Gasteiger partial charge in [0, 0.05) is 16.1 Å². The second kappa shape index (κ2) is 9.01. The summed E-state index contributed by atoms with van der Waals surface area (Å²) in [6.07, 6.45) is -0.817. The summed E-state index contributed by atoms with van der Waals surface area (Å²) in [4.78, 5) is 17.5. The molecule has 5 heteroatoms. The predicted molar refractivity (Wildman–Crippen MR) is 106 cm³/mol. The van der Waals surface area contributed by atoms with Gasteiger partial charge in [-0.3, -0.25) is 0 Å². The largest absolute Gasteiger partial charge is 0.479 e. The van der Waals surface area contributed by atoms with Crippen molar-refractivity contribution in [3.05, 3.63) is 101 Å². The van der Waals surface area contributed by atoms with Crippen LogP contribution in [0.5, 0.6) is 5.75 Å². The van der Waals surface area contributed by atoms with Crippen molar-refractivity contribution < 1.29 is 14.4 Å². The molecule has 0 fully saturated rings. The zero-order chi connectivity index (χ0) is 19.1. The molecule has 0 heterocycles. The third kappa shape index (κ3) is 5.19. The third-order valence-electron chi connectivity index (χ3n) is 3.78. The number of halogens is 1. The molecule has 0 aliphatic heterocycles. The lowest BCUT2D eigenvalue weighted by molar-refractivity contribution is -0.151. The molecule has 0 amide bonds. The average molecular weight is 380 g/mol. The van der Waals surface area contributed by atoms with Gasteiger partial charge in [0.2, 0.25) is 0 Å². The highest BCUT2D eigenvalue weighted by atomic mass is 35.5. The first-order valence-corrected chi connectivity index (χ1v) is 8.83. The summed E-state index contributed by atoms with van der Waals surface area (Å²) in [5.41, 5.74) is 2.27. The third-order valence-corrected chi connectivity index (χ3v) is 4.03. The molecule has 0 spiro atoms. The molecule has 3 aromatic carbocycles. The van der Waals surface area contributed by atoms with Crippen molar-refractivity contribution in [2.45, 2.75) is 13.0 Å². The van der Waals surface area contributed by atoms with E-state index in [1.165, 1.54) is 0 Å². The number of benzene rings is 3. The van der Waals surface area contributed by atoms with Crippen LogP contribution in [0.2, 0.25) is 5.02 Å². The van der Waals surface area contributed by atoms with Crippen LogP contribution in [0.15, 0.2) is 90.1 Å². The molecule has 3 aromatic rings. The summed E-state index contributed by atoms with van der Waals surface area (Å²) in [7, 11) is 0. The van der Waals surface area contributed by atoms with Gasteiger partial charge in [0.1, 0.15) is 11.5 Å². The van der Waals surface area contributed by atoms with Crippen LogP contribution in [0.3, 0.4) is 0 Å². The van der Waals surface area contributed by atoms with Crippen LogP contribution in [0.1, 0.15) is 18.1 Å². The molecule has 4 nitrogen and oxygen atoms in total. The van der Waals surface area contributed by atoms with E-state index in [9.17, 15) is 4.79 Å². The number of hydrogen-bond acceptors (Lipinski definition) is 4. The molecule has 136 valence electrons. The summed E-state index contributed by atoms with van der Waals surface area (Å²) in [6, 6.07) is 25.9. The van der Waals surface area contributed by atoms with E-state index in [4.69, 9.17) is 21.2 Å². The van der Waals surface area contributed by atoms with Crippen molar-refractivity contribution in [1.29, 1.82) is 0 Å². The Hall–Kier alpha value is -3.11. The summed E-state index contributed by atoms with van der Waals surface area (Å²) >= 11 is 5.85. The van der Waals surface area contributed by atoms with Gasteiger partial charge in [0.15, 0.2) is 6.10 Å². The monoisotopic (exact) mass is 379 g/mol. The first kappa shape index (κ1) is 18.7. The second-order valence-electron chi connectivity index (χ2n) is 5.80. The Bertz CT molecular complexity index is 868. The van der Waals surface area contributed by atoms with Gasteiger partial charge in [-0.1, -0.05) is 77.4 Å². The van der Waals surface area contributed by atoms with Gasteiger partial charge in [-0.2, -0.15) is 0 Å². The molecular weight excluding hydrogens is 362 g/mol. The minimum atomic E-state index is -0.817. The van der Waals surface area contributed by atoms with Gasteiger partial charge in [-0.25, -0.2) is 4.79 Å². The highest BCUT2D eigenvalue weighted by molar-refractivity contribution is 6.30. The number of hydrogen-bond donors (Lipinski definition) is 0. The van der Waals surface area contributed by atoms with E-state index in [0.29, 0.717) is 16.5 Å². The van der Waals surface area contributed by atoms with Crippen molar-refractivity contribution >= 4 is 23.3 Å². The molecular formula is C22H18ClNO3. The molecule has 0 saturated carbocycles. The molecule has 1 unspecified atom stereocenters. The smallest absolute Gasteiger partial charge is 0.374 e. The Morgan fingerprint density at radius 3 is 1.89 bits per heavy atom. The topological polar surface area (TPSA) is 47.9 Å². The zero-order valence-corrected chi connectivity index (χ0v) is 15.5. The molecule has 0 aromatic heterocycles. The van der Waals surface area contributed by atoms with Crippen molar-refractivity contribution in [1.82, 2.24) is 0 Å². The van der Waals surface area contributed by atoms with E-state index in [2.05, 4.69) is 5.16 Å². The Labute approximate surface area is 163 Å². The molecule has 3 rings (SSSR count). The Morgan fingerprint density at radius 1 is 0.852 bits per heavy atom. The quantitative estimate of drug-likeness (QED) is 0.340. The standard InChI is InChI=1S/C22H18ClNO3/c1-16(26-20-14-12-19(23)13-15-20)22(25)27-24-21(17-8-4-2-5-9-17)18-10-6-3-7-11-18/h2-16H,1H3. The molecule has 1 atom stereocenters. The van der Waals surface area contributed by atoms with Gasteiger partial charge in [0.25, 0.3) is 0 Å². The van der Waals surface area contributed by atoms with E-state index in [1.807, 2.05) is 60.7 Å². The molecule has 27 heavy (non-hydrogen) atoms. The van der Waals surface area contributed by atoms with Crippen molar-refractivity contribution in [3.8, 4) is 5.75 Å². The van der Waals surface area contributed by atoms with E-state index in [1.54, 1.807) is 31.2 Å². The maximum atomic E-state index is 12.3. The number of nitrogens with zero attached hydrogens (tertiary/aromatic N) is 1. The molecule has 0 aliphatic carbocycles. The summed E-state index contributed by atoms with van der Waals surface area (Å²) in [5, 5.41) is 4.70. The summed E-state index contributed by atoms with van der Waals surface area (Å²) in [6.45, 7) is 1.61. The summed E-state index contributed by atoms with van der Waals surface area (Å²) < 4.78 is 5.57. The van der Waals surface area contributed by atoms with Gasteiger partial charge < -0.3 is 9.57 Å².